The molecule has 0 bridgehead atoms. The highest BCUT2D eigenvalue weighted by molar-refractivity contribution is 5.91. The summed E-state index contributed by atoms with van der Waals surface area (Å²) in [4.78, 5) is 12.1. The number of para-hydroxylation sites is 1. The maximum absolute atomic E-state index is 12.1. The third-order valence-corrected chi connectivity index (χ3v) is 3.83. The first-order chi connectivity index (χ1) is 11.1. The molecule has 1 aromatic carbocycles. The lowest BCUT2D eigenvalue weighted by molar-refractivity contribution is -0.119. The number of carbonyl (C=O) groups is 1. The van der Waals surface area contributed by atoms with Crippen LogP contribution in [0.5, 0.6) is 11.5 Å². The van der Waals surface area contributed by atoms with Gasteiger partial charge in [-0.3, -0.25) is 4.79 Å². The Kier molecular flexibility index (Phi) is 5.62. The molecule has 0 spiro atoms. The van der Waals surface area contributed by atoms with Crippen LogP contribution in [0.25, 0.3) is 0 Å². The summed E-state index contributed by atoms with van der Waals surface area (Å²) in [6.45, 7) is 4.37. The van der Waals surface area contributed by atoms with Gasteiger partial charge in [-0.1, -0.05) is 26.0 Å². The van der Waals surface area contributed by atoms with Gasteiger partial charge in [-0.2, -0.15) is 5.10 Å². The van der Waals surface area contributed by atoms with Crippen molar-refractivity contribution in [2.45, 2.75) is 26.8 Å². The molecule has 6 nitrogen and oxygen atoms in total. The van der Waals surface area contributed by atoms with Crippen LogP contribution in [0.2, 0.25) is 0 Å². The molecule has 0 aliphatic rings. The third kappa shape index (κ3) is 3.83. The maximum Gasteiger partial charge on any atom is 0.228 e. The quantitative estimate of drug-likeness (QED) is 0.852. The second-order valence-electron chi connectivity index (χ2n) is 5.33. The van der Waals surface area contributed by atoms with E-state index in [9.17, 15) is 4.79 Å². The summed E-state index contributed by atoms with van der Waals surface area (Å²) in [6.07, 6.45) is 2.46. The predicted octanol–water partition coefficient (Wildman–Crippen LogP) is 2.93. The van der Waals surface area contributed by atoms with E-state index in [2.05, 4.69) is 10.4 Å². The second-order valence-corrected chi connectivity index (χ2v) is 5.33. The molecule has 1 amide bonds. The van der Waals surface area contributed by atoms with Crippen molar-refractivity contribution in [1.82, 2.24) is 9.78 Å². The van der Waals surface area contributed by atoms with Gasteiger partial charge in [-0.05, 0) is 12.5 Å². The molecule has 2 rings (SSSR count). The minimum Gasteiger partial charge on any atom is -0.493 e. The number of hydrogen-bond donors (Lipinski definition) is 1. The van der Waals surface area contributed by atoms with E-state index in [1.165, 1.54) is 0 Å². The van der Waals surface area contributed by atoms with E-state index < -0.39 is 0 Å². The van der Waals surface area contributed by atoms with Gasteiger partial charge in [0.1, 0.15) is 5.82 Å². The Hall–Kier alpha value is -2.50. The average Bonchev–Trinajstić information content (AvgIpc) is 3.00. The van der Waals surface area contributed by atoms with Crippen molar-refractivity contribution in [1.29, 1.82) is 0 Å². The SMILES string of the molecule is CCC(C)C(=O)Nc1ccnn1Cc1cccc(OC)c1OC. The van der Waals surface area contributed by atoms with Gasteiger partial charge in [0.15, 0.2) is 11.5 Å². The molecule has 23 heavy (non-hydrogen) atoms. The molecule has 1 unspecified atom stereocenters. The van der Waals surface area contributed by atoms with Gasteiger partial charge in [0.05, 0.1) is 27.0 Å². The molecule has 0 radical (unpaired) electrons. The molecular weight excluding hydrogens is 294 g/mol. The predicted molar refractivity (Wildman–Crippen MR) is 89.0 cm³/mol. The van der Waals surface area contributed by atoms with Crippen molar-refractivity contribution in [3.05, 3.63) is 36.0 Å². The van der Waals surface area contributed by atoms with Gasteiger partial charge >= 0.3 is 0 Å². The molecule has 2 aromatic rings. The summed E-state index contributed by atoms with van der Waals surface area (Å²) >= 11 is 0. The first kappa shape index (κ1) is 16.9. The minimum atomic E-state index is -0.0373. The zero-order valence-corrected chi connectivity index (χ0v) is 14.0. The number of rotatable bonds is 7. The van der Waals surface area contributed by atoms with Gasteiger partial charge in [0.25, 0.3) is 0 Å². The average molecular weight is 317 g/mol. The summed E-state index contributed by atoms with van der Waals surface area (Å²) in [5.41, 5.74) is 0.926. The summed E-state index contributed by atoms with van der Waals surface area (Å²) < 4.78 is 12.5. The lowest BCUT2D eigenvalue weighted by atomic mass is 10.1. The summed E-state index contributed by atoms with van der Waals surface area (Å²) in [5, 5.41) is 7.20. The van der Waals surface area contributed by atoms with Crippen LogP contribution < -0.4 is 14.8 Å². The summed E-state index contributed by atoms with van der Waals surface area (Å²) in [7, 11) is 3.21. The van der Waals surface area contributed by atoms with E-state index in [1.54, 1.807) is 31.2 Å². The Morgan fingerprint density at radius 1 is 1.30 bits per heavy atom. The van der Waals surface area contributed by atoms with E-state index in [4.69, 9.17) is 9.47 Å². The lowest BCUT2D eigenvalue weighted by Gasteiger charge is -2.15. The number of carbonyl (C=O) groups excluding carboxylic acids is 1. The van der Waals surface area contributed by atoms with Crippen LogP contribution in [0, 0.1) is 5.92 Å². The molecule has 1 atom stereocenters. The largest absolute Gasteiger partial charge is 0.493 e. The molecular formula is C17H23N3O3. The molecule has 6 heteroatoms. The standard InChI is InChI=1S/C17H23N3O3/c1-5-12(2)17(21)19-15-9-10-18-20(15)11-13-7-6-8-14(22-3)16(13)23-4/h6-10,12H,5,11H2,1-4H3,(H,19,21). The highest BCUT2D eigenvalue weighted by Crippen LogP contribution is 2.31. The number of hydrogen-bond acceptors (Lipinski definition) is 4. The Balaban J connectivity index is 2.22. The van der Waals surface area contributed by atoms with Gasteiger partial charge in [-0.25, -0.2) is 4.68 Å². The van der Waals surface area contributed by atoms with Crippen LogP contribution in [0.4, 0.5) is 5.82 Å². The highest BCUT2D eigenvalue weighted by Gasteiger charge is 2.15. The fourth-order valence-electron chi connectivity index (χ4n) is 2.24. The Morgan fingerprint density at radius 2 is 2.09 bits per heavy atom. The molecule has 0 saturated heterocycles. The topological polar surface area (TPSA) is 65.4 Å². The second kappa shape index (κ2) is 7.67. The van der Waals surface area contributed by atoms with Crippen LogP contribution in [-0.2, 0) is 11.3 Å². The van der Waals surface area contributed by atoms with Crippen LogP contribution in [-0.4, -0.2) is 29.9 Å². The van der Waals surface area contributed by atoms with Crippen LogP contribution >= 0.6 is 0 Å². The van der Waals surface area contributed by atoms with Crippen LogP contribution in [0.15, 0.2) is 30.5 Å². The molecule has 1 N–H and O–H groups in total. The number of amides is 1. The Morgan fingerprint density at radius 3 is 2.74 bits per heavy atom. The van der Waals surface area contributed by atoms with E-state index in [0.717, 1.165) is 12.0 Å². The number of nitrogens with zero attached hydrogens (tertiary/aromatic N) is 2. The molecule has 0 aliphatic heterocycles. The normalized spacial score (nSPS) is 11.8. The number of ether oxygens (including phenoxy) is 2. The number of anilines is 1. The van der Waals surface area contributed by atoms with Gasteiger partial charge in [-0.15, -0.1) is 0 Å². The fourth-order valence-corrected chi connectivity index (χ4v) is 2.24. The molecule has 0 fully saturated rings. The van der Waals surface area contributed by atoms with Crippen molar-refractivity contribution < 1.29 is 14.3 Å². The van der Waals surface area contributed by atoms with Crippen LogP contribution in [0.3, 0.4) is 0 Å². The Labute approximate surface area is 136 Å². The summed E-state index contributed by atoms with van der Waals surface area (Å²) in [5.74, 6) is 1.96. The fraction of sp³-hybridized carbons (Fsp3) is 0.412. The van der Waals surface area contributed by atoms with Crippen molar-refractivity contribution in [3.8, 4) is 11.5 Å². The Bertz CT molecular complexity index is 667. The number of nitrogens with one attached hydrogen (secondary N) is 1. The van der Waals surface area contributed by atoms with Gasteiger partial charge < -0.3 is 14.8 Å². The third-order valence-electron chi connectivity index (χ3n) is 3.83. The highest BCUT2D eigenvalue weighted by atomic mass is 16.5. The first-order valence-corrected chi connectivity index (χ1v) is 7.63. The van der Waals surface area contributed by atoms with Crippen molar-refractivity contribution in [2.24, 2.45) is 5.92 Å². The molecule has 1 heterocycles. The van der Waals surface area contributed by atoms with E-state index in [0.29, 0.717) is 23.9 Å². The summed E-state index contributed by atoms with van der Waals surface area (Å²) in [6, 6.07) is 7.48. The van der Waals surface area contributed by atoms with Crippen molar-refractivity contribution in [2.75, 3.05) is 19.5 Å². The van der Waals surface area contributed by atoms with Gasteiger partial charge in [0, 0.05) is 17.5 Å². The number of benzene rings is 1. The number of methoxy groups -OCH3 is 2. The molecule has 0 aliphatic carbocycles. The molecule has 1 aromatic heterocycles. The van der Waals surface area contributed by atoms with Crippen molar-refractivity contribution in [3.63, 3.8) is 0 Å². The van der Waals surface area contributed by atoms with Crippen LogP contribution in [0.1, 0.15) is 25.8 Å². The monoisotopic (exact) mass is 317 g/mol. The van der Waals surface area contributed by atoms with Gasteiger partial charge in [0.2, 0.25) is 5.91 Å². The zero-order valence-electron chi connectivity index (χ0n) is 14.0. The van der Waals surface area contributed by atoms with E-state index >= 15 is 0 Å². The van der Waals surface area contributed by atoms with E-state index in [1.807, 2.05) is 32.0 Å². The minimum absolute atomic E-state index is 0.00754. The molecule has 124 valence electrons. The molecule has 0 saturated carbocycles. The lowest BCUT2D eigenvalue weighted by Crippen LogP contribution is -2.22. The zero-order chi connectivity index (χ0) is 16.8. The smallest absolute Gasteiger partial charge is 0.228 e. The van der Waals surface area contributed by atoms with Crippen molar-refractivity contribution >= 4 is 11.7 Å². The van der Waals surface area contributed by atoms with E-state index in [-0.39, 0.29) is 11.8 Å². The first-order valence-electron chi connectivity index (χ1n) is 7.63. The maximum atomic E-state index is 12.1. The number of aromatic nitrogens is 2.